The maximum atomic E-state index is 13.1. The Morgan fingerprint density at radius 2 is 2.00 bits per heavy atom. The number of benzene rings is 1. The molecular weight excluding hydrogens is 370 g/mol. The quantitative estimate of drug-likeness (QED) is 0.765. The third-order valence-corrected chi connectivity index (χ3v) is 5.76. The molecule has 4 rings (SSSR count). The normalized spacial score (nSPS) is 21.2. The van der Waals surface area contributed by atoms with E-state index in [1.807, 2.05) is 44.0 Å². The van der Waals surface area contributed by atoms with Crippen molar-refractivity contribution < 1.29 is 14.3 Å². The van der Waals surface area contributed by atoms with E-state index in [2.05, 4.69) is 10.2 Å². The molecule has 8 heteroatoms. The number of carbonyl (C=O) groups excluding carboxylic acids is 2. The smallest absolute Gasteiger partial charge is 0.410 e. The molecule has 2 amide bonds. The molecule has 1 fully saturated rings. The number of carbonyl (C=O) groups is 2. The van der Waals surface area contributed by atoms with Crippen LogP contribution in [-0.4, -0.2) is 62.8 Å². The van der Waals surface area contributed by atoms with Gasteiger partial charge in [-0.1, -0.05) is 6.07 Å². The van der Waals surface area contributed by atoms with Crippen LogP contribution in [0.15, 0.2) is 18.3 Å². The minimum atomic E-state index is -0.551. The van der Waals surface area contributed by atoms with E-state index >= 15 is 0 Å². The third-order valence-electron chi connectivity index (χ3n) is 5.76. The molecule has 2 aromatic rings. The molecule has 156 valence electrons. The Kier molecular flexibility index (Phi) is 4.98. The maximum absolute atomic E-state index is 13.1. The molecule has 1 saturated heterocycles. The summed E-state index contributed by atoms with van der Waals surface area (Å²) in [5, 5.41) is 8.20. The van der Waals surface area contributed by atoms with Crippen molar-refractivity contribution in [2.75, 3.05) is 13.1 Å². The van der Waals surface area contributed by atoms with Crippen LogP contribution in [0.25, 0.3) is 10.9 Å². The summed E-state index contributed by atoms with van der Waals surface area (Å²) in [5.74, 6) is -0.0198. The Balaban J connectivity index is 1.52. The van der Waals surface area contributed by atoms with Crippen molar-refractivity contribution in [3.63, 3.8) is 0 Å². The van der Waals surface area contributed by atoms with E-state index in [1.54, 1.807) is 4.90 Å². The molecule has 29 heavy (non-hydrogen) atoms. The van der Waals surface area contributed by atoms with Gasteiger partial charge in [-0.3, -0.25) is 9.89 Å². The second-order valence-corrected chi connectivity index (χ2v) is 9.01. The zero-order valence-corrected chi connectivity index (χ0v) is 17.3. The topological polar surface area (TPSA) is 105 Å². The second-order valence-electron chi connectivity index (χ2n) is 9.01. The van der Waals surface area contributed by atoms with Crippen LogP contribution < -0.4 is 5.73 Å². The summed E-state index contributed by atoms with van der Waals surface area (Å²) in [6, 6.07) is 3.54. The van der Waals surface area contributed by atoms with Crippen molar-refractivity contribution in [1.29, 1.82) is 0 Å². The van der Waals surface area contributed by atoms with Crippen LogP contribution in [0.2, 0.25) is 0 Å². The number of amides is 2. The molecular formula is C21H29N5O3. The number of hydrogen-bond acceptors (Lipinski definition) is 5. The maximum Gasteiger partial charge on any atom is 0.410 e. The van der Waals surface area contributed by atoms with E-state index < -0.39 is 11.6 Å². The number of piperidine rings is 1. The van der Waals surface area contributed by atoms with Gasteiger partial charge in [0.25, 0.3) is 0 Å². The average molecular weight is 399 g/mol. The molecule has 1 atom stereocenters. The Hall–Kier alpha value is -2.61. The molecule has 8 nitrogen and oxygen atoms in total. The average Bonchev–Trinajstić information content (AvgIpc) is 3.09. The highest BCUT2D eigenvalue weighted by Gasteiger charge is 2.35. The number of rotatable bonds is 1. The lowest BCUT2D eigenvalue weighted by Gasteiger charge is -2.39. The standard InChI is InChI=1S/C21H29N5O3/c1-21(2,3)29-20(28)25-8-6-14(7-9-25)26-12-16-13(10-17(22)19(26)27)4-5-18-15(16)11-23-24-18/h4-5,11,14,17H,6-10,12,22H2,1-3H3,(H,23,24)/t17-/m1/s1. The predicted octanol–water partition coefficient (Wildman–Crippen LogP) is 2.17. The summed E-state index contributed by atoms with van der Waals surface area (Å²) in [5.41, 5.74) is 8.93. The van der Waals surface area contributed by atoms with Gasteiger partial charge in [0.1, 0.15) is 5.60 Å². The van der Waals surface area contributed by atoms with Gasteiger partial charge < -0.3 is 20.3 Å². The first-order chi connectivity index (χ1) is 13.7. The van der Waals surface area contributed by atoms with E-state index in [1.165, 1.54) is 0 Å². The molecule has 0 unspecified atom stereocenters. The molecule has 2 aliphatic heterocycles. The monoisotopic (exact) mass is 399 g/mol. The Morgan fingerprint density at radius 1 is 1.28 bits per heavy atom. The number of nitrogens with one attached hydrogen (secondary N) is 1. The summed E-state index contributed by atoms with van der Waals surface area (Å²) in [6.07, 6.45) is 3.49. The summed E-state index contributed by atoms with van der Waals surface area (Å²) >= 11 is 0. The number of aromatic amines is 1. The number of likely N-dealkylation sites (tertiary alicyclic amines) is 1. The van der Waals surface area contributed by atoms with Crippen LogP contribution in [0.3, 0.4) is 0 Å². The van der Waals surface area contributed by atoms with Crippen LogP contribution in [0.1, 0.15) is 44.7 Å². The van der Waals surface area contributed by atoms with Crippen molar-refractivity contribution >= 4 is 22.9 Å². The van der Waals surface area contributed by atoms with Gasteiger partial charge in [-0.15, -0.1) is 0 Å². The number of aromatic nitrogens is 2. The molecule has 1 aromatic heterocycles. The summed E-state index contributed by atoms with van der Waals surface area (Å²) < 4.78 is 5.48. The van der Waals surface area contributed by atoms with Crippen molar-refractivity contribution in [3.8, 4) is 0 Å². The number of nitrogens with two attached hydrogens (primary N) is 1. The molecule has 0 saturated carbocycles. The summed E-state index contributed by atoms with van der Waals surface area (Å²) in [6.45, 7) is 7.26. The van der Waals surface area contributed by atoms with Crippen molar-refractivity contribution in [1.82, 2.24) is 20.0 Å². The first-order valence-electron chi connectivity index (χ1n) is 10.2. The minimum absolute atomic E-state index is 0.0198. The van der Waals surface area contributed by atoms with E-state index in [9.17, 15) is 9.59 Å². The predicted molar refractivity (Wildman–Crippen MR) is 109 cm³/mol. The van der Waals surface area contributed by atoms with Crippen LogP contribution in [0, 0.1) is 0 Å². The highest BCUT2D eigenvalue weighted by molar-refractivity contribution is 5.87. The zero-order chi connectivity index (χ0) is 20.8. The first kappa shape index (κ1) is 19.7. The zero-order valence-electron chi connectivity index (χ0n) is 17.3. The number of H-pyrrole nitrogens is 1. The van der Waals surface area contributed by atoms with Gasteiger partial charge in [0.15, 0.2) is 0 Å². The van der Waals surface area contributed by atoms with Gasteiger partial charge in [0.05, 0.1) is 17.8 Å². The Bertz CT molecular complexity index is 924. The molecule has 0 aliphatic carbocycles. The Labute approximate surface area is 170 Å². The largest absolute Gasteiger partial charge is 0.444 e. The highest BCUT2D eigenvalue weighted by Crippen LogP contribution is 2.29. The summed E-state index contributed by atoms with van der Waals surface area (Å²) in [4.78, 5) is 29.0. The van der Waals surface area contributed by atoms with E-state index in [4.69, 9.17) is 10.5 Å². The molecule has 1 aromatic carbocycles. The third kappa shape index (κ3) is 3.94. The van der Waals surface area contributed by atoms with Crippen LogP contribution in [0.5, 0.6) is 0 Å². The molecule has 2 aliphatic rings. The van der Waals surface area contributed by atoms with Crippen LogP contribution in [0.4, 0.5) is 4.79 Å². The van der Waals surface area contributed by atoms with Crippen molar-refractivity contribution in [2.24, 2.45) is 5.73 Å². The van der Waals surface area contributed by atoms with Gasteiger partial charge in [0, 0.05) is 31.1 Å². The number of nitrogens with zero attached hydrogens (tertiary/aromatic N) is 3. The van der Waals surface area contributed by atoms with E-state index in [0.29, 0.717) is 38.9 Å². The molecule has 0 bridgehead atoms. The lowest BCUT2D eigenvalue weighted by molar-refractivity contribution is -0.136. The highest BCUT2D eigenvalue weighted by atomic mass is 16.6. The first-order valence-corrected chi connectivity index (χ1v) is 10.2. The van der Waals surface area contributed by atoms with Gasteiger partial charge in [-0.05, 0) is 57.2 Å². The molecule has 3 heterocycles. The Morgan fingerprint density at radius 3 is 2.69 bits per heavy atom. The molecule has 0 spiro atoms. The van der Waals surface area contributed by atoms with Gasteiger partial charge in [-0.25, -0.2) is 4.79 Å². The second kappa shape index (κ2) is 7.33. The van der Waals surface area contributed by atoms with Crippen LogP contribution >= 0.6 is 0 Å². The lowest BCUT2D eigenvalue weighted by Crippen LogP contribution is -2.52. The van der Waals surface area contributed by atoms with Crippen LogP contribution in [-0.2, 0) is 22.5 Å². The molecule has 3 N–H and O–H groups in total. The number of fused-ring (bicyclic) bond motifs is 3. The van der Waals surface area contributed by atoms with Crippen molar-refractivity contribution in [3.05, 3.63) is 29.5 Å². The van der Waals surface area contributed by atoms with Gasteiger partial charge in [0.2, 0.25) is 5.91 Å². The van der Waals surface area contributed by atoms with Gasteiger partial charge in [-0.2, -0.15) is 5.10 Å². The van der Waals surface area contributed by atoms with E-state index in [0.717, 1.165) is 22.0 Å². The summed E-state index contributed by atoms with van der Waals surface area (Å²) in [7, 11) is 0. The number of ether oxygens (including phenoxy) is 1. The fourth-order valence-electron chi connectivity index (χ4n) is 4.28. The van der Waals surface area contributed by atoms with E-state index in [-0.39, 0.29) is 18.0 Å². The number of hydrogen-bond donors (Lipinski definition) is 2. The van der Waals surface area contributed by atoms with Gasteiger partial charge >= 0.3 is 6.09 Å². The SMILES string of the molecule is CC(C)(C)OC(=O)N1CCC(N2Cc3c(ccc4[nH]ncc34)C[C@@H](N)C2=O)CC1. The van der Waals surface area contributed by atoms with Crippen molar-refractivity contribution in [2.45, 2.75) is 64.3 Å². The molecule has 0 radical (unpaired) electrons. The minimum Gasteiger partial charge on any atom is -0.444 e. The lowest BCUT2D eigenvalue weighted by atomic mass is 9.99. The fourth-order valence-corrected chi connectivity index (χ4v) is 4.28. The fraction of sp³-hybridized carbons (Fsp3) is 0.571.